The molecule has 0 bridgehead atoms. The number of hydrogen-bond acceptors (Lipinski definition) is 5. The summed E-state index contributed by atoms with van der Waals surface area (Å²) in [7, 11) is 3.09. The van der Waals surface area contributed by atoms with Crippen LogP contribution >= 0.6 is 0 Å². The Balaban J connectivity index is 1.62. The molecule has 1 fully saturated rings. The molecule has 8 nitrogen and oxygen atoms in total. The molecule has 2 unspecified atom stereocenters. The van der Waals surface area contributed by atoms with Crippen LogP contribution in [0, 0.1) is 5.92 Å². The summed E-state index contributed by atoms with van der Waals surface area (Å²) in [4.78, 5) is 38.5. The lowest BCUT2D eigenvalue weighted by molar-refractivity contribution is -0.126. The van der Waals surface area contributed by atoms with Crippen LogP contribution in [0.1, 0.15) is 38.3 Å². The molecule has 170 valence electrons. The summed E-state index contributed by atoms with van der Waals surface area (Å²) in [6.07, 6.45) is 0.559. The summed E-state index contributed by atoms with van der Waals surface area (Å²) in [5, 5.41) is 5.79. The molecule has 1 aliphatic heterocycles. The van der Waals surface area contributed by atoms with Crippen LogP contribution in [-0.2, 0) is 14.4 Å². The largest absolute Gasteiger partial charge is 0.493 e. The Morgan fingerprint density at radius 2 is 1.78 bits per heavy atom. The van der Waals surface area contributed by atoms with Crippen molar-refractivity contribution in [2.45, 2.75) is 32.7 Å². The third-order valence-electron chi connectivity index (χ3n) is 5.55. The van der Waals surface area contributed by atoms with Crippen molar-refractivity contribution in [2.24, 2.45) is 5.92 Å². The van der Waals surface area contributed by atoms with Gasteiger partial charge in [0.2, 0.25) is 17.7 Å². The zero-order valence-corrected chi connectivity index (χ0v) is 18.8. The lowest BCUT2D eigenvalue weighted by atomic mass is 10.0. The van der Waals surface area contributed by atoms with Crippen LogP contribution in [-0.4, -0.2) is 38.5 Å². The molecule has 1 heterocycles. The predicted octanol–water partition coefficient (Wildman–Crippen LogP) is 3.28. The number of carbonyl (C=O) groups is 3. The standard InChI is InChI=1S/C24H29N3O5/c1-5-22(28)26-18-8-6-16(7-9-18)15(2)25-24(30)17-12-23(29)27(14-17)19-10-11-20(31-3)21(13-19)32-4/h6-11,13,15,17H,5,12,14H2,1-4H3,(H,25,30)(H,26,28). The minimum Gasteiger partial charge on any atom is -0.493 e. The number of nitrogens with zero attached hydrogens (tertiary/aromatic N) is 1. The molecular formula is C24H29N3O5. The molecule has 1 saturated heterocycles. The van der Waals surface area contributed by atoms with Gasteiger partial charge >= 0.3 is 0 Å². The Hall–Kier alpha value is -3.55. The van der Waals surface area contributed by atoms with Crippen molar-refractivity contribution < 1.29 is 23.9 Å². The number of carbonyl (C=O) groups excluding carboxylic acids is 3. The Morgan fingerprint density at radius 1 is 1.09 bits per heavy atom. The van der Waals surface area contributed by atoms with Crippen LogP contribution in [0.3, 0.4) is 0 Å². The maximum Gasteiger partial charge on any atom is 0.227 e. The zero-order chi connectivity index (χ0) is 23.3. The van der Waals surface area contributed by atoms with Crippen LogP contribution in [0.25, 0.3) is 0 Å². The van der Waals surface area contributed by atoms with Crippen molar-refractivity contribution in [1.82, 2.24) is 5.32 Å². The van der Waals surface area contributed by atoms with Crippen molar-refractivity contribution in [1.29, 1.82) is 0 Å². The SMILES string of the molecule is CCC(=O)Nc1ccc(C(C)NC(=O)C2CC(=O)N(c3ccc(OC)c(OC)c3)C2)cc1. The number of rotatable bonds is 8. The van der Waals surface area contributed by atoms with Gasteiger partial charge in [-0.3, -0.25) is 14.4 Å². The van der Waals surface area contributed by atoms with Gasteiger partial charge in [0.05, 0.1) is 26.2 Å². The van der Waals surface area contributed by atoms with E-state index in [2.05, 4.69) is 10.6 Å². The molecule has 0 aliphatic carbocycles. The lowest BCUT2D eigenvalue weighted by Gasteiger charge is -2.20. The average Bonchev–Trinajstić information content (AvgIpc) is 3.20. The summed E-state index contributed by atoms with van der Waals surface area (Å²) >= 11 is 0. The fourth-order valence-corrected chi connectivity index (χ4v) is 3.64. The fourth-order valence-electron chi connectivity index (χ4n) is 3.64. The summed E-state index contributed by atoms with van der Waals surface area (Å²) in [5.41, 5.74) is 2.29. The molecule has 8 heteroatoms. The molecule has 2 atom stereocenters. The molecule has 2 N–H and O–H groups in total. The van der Waals surface area contributed by atoms with E-state index in [4.69, 9.17) is 9.47 Å². The van der Waals surface area contributed by atoms with Gasteiger partial charge in [-0.2, -0.15) is 0 Å². The van der Waals surface area contributed by atoms with E-state index in [0.717, 1.165) is 5.56 Å². The number of amides is 3. The third kappa shape index (κ3) is 5.19. The van der Waals surface area contributed by atoms with Crippen LogP contribution in [0.15, 0.2) is 42.5 Å². The highest BCUT2D eigenvalue weighted by atomic mass is 16.5. The maximum absolute atomic E-state index is 12.8. The van der Waals surface area contributed by atoms with Gasteiger partial charge < -0.3 is 25.0 Å². The van der Waals surface area contributed by atoms with Gasteiger partial charge in [0, 0.05) is 36.8 Å². The summed E-state index contributed by atoms with van der Waals surface area (Å²) < 4.78 is 10.6. The minimum absolute atomic E-state index is 0.0518. The summed E-state index contributed by atoms with van der Waals surface area (Å²) in [5.74, 6) is 0.326. The Morgan fingerprint density at radius 3 is 2.41 bits per heavy atom. The second-order valence-corrected chi connectivity index (χ2v) is 7.70. The third-order valence-corrected chi connectivity index (χ3v) is 5.55. The van der Waals surface area contributed by atoms with Gasteiger partial charge in [0.1, 0.15) is 0 Å². The van der Waals surface area contributed by atoms with E-state index >= 15 is 0 Å². The molecule has 0 spiro atoms. The van der Waals surface area contributed by atoms with Gasteiger partial charge in [-0.05, 0) is 36.8 Å². The van der Waals surface area contributed by atoms with Gasteiger partial charge in [-0.1, -0.05) is 19.1 Å². The number of nitrogens with one attached hydrogen (secondary N) is 2. The topological polar surface area (TPSA) is 97.0 Å². The maximum atomic E-state index is 12.8. The second-order valence-electron chi connectivity index (χ2n) is 7.70. The smallest absolute Gasteiger partial charge is 0.227 e. The number of anilines is 2. The van der Waals surface area contributed by atoms with Gasteiger partial charge in [0.25, 0.3) is 0 Å². The molecule has 1 aliphatic rings. The number of hydrogen-bond donors (Lipinski definition) is 2. The first-order valence-electron chi connectivity index (χ1n) is 10.6. The fraction of sp³-hybridized carbons (Fsp3) is 0.375. The summed E-state index contributed by atoms with van der Waals surface area (Å²) in [6.45, 7) is 3.98. The van der Waals surface area contributed by atoms with E-state index in [0.29, 0.717) is 35.8 Å². The molecule has 3 rings (SSSR count). The van der Waals surface area contributed by atoms with Crippen molar-refractivity contribution in [3.8, 4) is 11.5 Å². The van der Waals surface area contributed by atoms with Gasteiger partial charge in [-0.15, -0.1) is 0 Å². The van der Waals surface area contributed by atoms with Gasteiger partial charge in [0.15, 0.2) is 11.5 Å². The molecule has 32 heavy (non-hydrogen) atoms. The van der Waals surface area contributed by atoms with Gasteiger partial charge in [-0.25, -0.2) is 0 Å². The molecule has 0 aromatic heterocycles. The highest BCUT2D eigenvalue weighted by molar-refractivity contribution is 6.00. The van der Waals surface area contributed by atoms with Crippen molar-refractivity contribution in [3.05, 3.63) is 48.0 Å². The monoisotopic (exact) mass is 439 g/mol. The van der Waals surface area contributed by atoms with E-state index in [1.807, 2.05) is 31.2 Å². The van der Waals surface area contributed by atoms with Crippen molar-refractivity contribution >= 4 is 29.1 Å². The van der Waals surface area contributed by atoms with E-state index < -0.39 is 5.92 Å². The Kier molecular flexibility index (Phi) is 7.35. The molecule has 2 aromatic carbocycles. The van der Waals surface area contributed by atoms with Crippen LogP contribution in [0.5, 0.6) is 11.5 Å². The molecule has 0 saturated carbocycles. The van der Waals surface area contributed by atoms with Crippen LogP contribution in [0.2, 0.25) is 0 Å². The molecule has 3 amide bonds. The van der Waals surface area contributed by atoms with E-state index in [1.54, 1.807) is 37.1 Å². The second kappa shape index (κ2) is 10.2. The van der Waals surface area contributed by atoms with Crippen molar-refractivity contribution in [3.63, 3.8) is 0 Å². The van der Waals surface area contributed by atoms with Crippen molar-refractivity contribution in [2.75, 3.05) is 31.0 Å². The quantitative estimate of drug-likeness (QED) is 0.658. The average molecular weight is 440 g/mol. The zero-order valence-electron chi connectivity index (χ0n) is 18.8. The van der Waals surface area contributed by atoms with Crippen LogP contribution < -0.4 is 25.0 Å². The first-order valence-corrected chi connectivity index (χ1v) is 10.6. The predicted molar refractivity (Wildman–Crippen MR) is 122 cm³/mol. The Labute approximate surface area is 187 Å². The molecular weight excluding hydrogens is 410 g/mol. The van der Waals surface area contributed by atoms with E-state index in [-0.39, 0.29) is 30.2 Å². The minimum atomic E-state index is -0.443. The highest BCUT2D eigenvalue weighted by Crippen LogP contribution is 2.34. The van der Waals surface area contributed by atoms with E-state index in [9.17, 15) is 14.4 Å². The lowest BCUT2D eigenvalue weighted by Crippen LogP contribution is -2.34. The summed E-state index contributed by atoms with van der Waals surface area (Å²) in [6, 6.07) is 12.4. The Bertz CT molecular complexity index is 990. The number of benzene rings is 2. The first-order chi connectivity index (χ1) is 15.4. The first kappa shape index (κ1) is 23.1. The number of methoxy groups -OCH3 is 2. The van der Waals surface area contributed by atoms with Crippen LogP contribution in [0.4, 0.5) is 11.4 Å². The number of ether oxygens (including phenoxy) is 2. The molecule has 2 aromatic rings. The highest BCUT2D eigenvalue weighted by Gasteiger charge is 2.36. The normalized spacial score (nSPS) is 16.4. The molecule has 0 radical (unpaired) electrons. The van der Waals surface area contributed by atoms with E-state index in [1.165, 1.54) is 7.11 Å².